The van der Waals surface area contributed by atoms with Crippen molar-refractivity contribution < 1.29 is 31.3 Å². The van der Waals surface area contributed by atoms with Crippen molar-refractivity contribution >= 4 is 61.3 Å². The van der Waals surface area contributed by atoms with E-state index in [0.29, 0.717) is 7.14 Å². The van der Waals surface area contributed by atoms with Crippen LogP contribution in [-0.4, -0.2) is 30.8 Å². The van der Waals surface area contributed by atoms with Gasteiger partial charge in [-0.2, -0.15) is 17.2 Å². The van der Waals surface area contributed by atoms with Gasteiger partial charge in [0.15, 0.2) is 6.61 Å². The molecule has 0 saturated heterocycles. The van der Waals surface area contributed by atoms with Gasteiger partial charge in [-0.05, 0) is 57.3 Å². The van der Waals surface area contributed by atoms with E-state index in [2.05, 4.69) is 4.74 Å². The molecular weight excluding hydrogens is 512 g/mol. The summed E-state index contributed by atoms with van der Waals surface area (Å²) in [4.78, 5) is 11.6. The first kappa shape index (κ1) is 17.0. The second-order valence-corrected chi connectivity index (χ2v) is 7.16. The van der Waals surface area contributed by atoms with Crippen LogP contribution in [0.1, 0.15) is 10.4 Å². The second-order valence-electron chi connectivity index (χ2n) is 3.29. The Hall–Kier alpha value is -0.0800. The van der Waals surface area contributed by atoms with Crippen LogP contribution in [0.15, 0.2) is 18.2 Å². The van der Waals surface area contributed by atoms with Crippen LogP contribution in [0.5, 0.6) is 0 Å². The molecule has 0 atom stereocenters. The van der Waals surface area contributed by atoms with Gasteiger partial charge in [-0.3, -0.25) is 4.55 Å². The summed E-state index contributed by atoms with van der Waals surface area (Å²) in [6, 6.07) is 4.80. The van der Waals surface area contributed by atoms with Crippen molar-refractivity contribution in [3.8, 4) is 0 Å². The summed E-state index contributed by atoms with van der Waals surface area (Å²) in [5, 5.41) is -4.53. The minimum Gasteiger partial charge on any atom is -0.454 e. The van der Waals surface area contributed by atoms with E-state index in [1.54, 1.807) is 18.2 Å². The number of carbonyl (C=O) groups excluding carboxylic acids is 1. The summed E-state index contributed by atoms with van der Waals surface area (Å²) in [6.07, 6.45) is 0. The van der Waals surface area contributed by atoms with Gasteiger partial charge in [-0.1, -0.05) is 6.07 Å². The highest BCUT2D eigenvalue weighted by atomic mass is 127. The molecule has 0 aliphatic heterocycles. The molecule has 0 unspecified atom stereocenters. The zero-order valence-electron chi connectivity index (χ0n) is 8.94. The smallest absolute Gasteiger partial charge is 0.402 e. The lowest BCUT2D eigenvalue weighted by atomic mass is 10.2. The topological polar surface area (TPSA) is 80.7 Å². The van der Waals surface area contributed by atoms with E-state index < -0.39 is 27.9 Å². The molecule has 0 aliphatic rings. The molecule has 0 aromatic heterocycles. The number of benzene rings is 1. The average Bonchev–Trinajstić information content (AvgIpc) is 2.24. The van der Waals surface area contributed by atoms with E-state index in [1.165, 1.54) is 0 Å². The summed E-state index contributed by atoms with van der Waals surface area (Å²) in [6.45, 7) is -1.74. The van der Waals surface area contributed by atoms with Gasteiger partial charge in [-0.25, -0.2) is 4.79 Å². The number of halogens is 4. The molecule has 0 heterocycles. The molecule has 0 aliphatic carbocycles. The zero-order valence-corrected chi connectivity index (χ0v) is 14.1. The third-order valence-electron chi connectivity index (χ3n) is 1.92. The number of hydrogen-bond acceptors (Lipinski definition) is 4. The summed E-state index contributed by atoms with van der Waals surface area (Å²) >= 11 is 3.63. The van der Waals surface area contributed by atoms with E-state index in [-0.39, 0.29) is 5.56 Å². The Bertz CT molecular complexity index is 582. The number of ether oxygens (including phenoxy) is 1. The highest BCUT2D eigenvalue weighted by molar-refractivity contribution is 14.1. The molecule has 0 saturated carbocycles. The normalized spacial score (nSPS) is 12.3. The Kier molecular flexibility index (Phi) is 5.48. The van der Waals surface area contributed by atoms with Gasteiger partial charge in [-0.15, -0.1) is 0 Å². The second kappa shape index (κ2) is 6.13. The van der Waals surface area contributed by atoms with Gasteiger partial charge < -0.3 is 4.74 Å². The number of rotatable bonds is 4. The maximum Gasteiger partial charge on any atom is 0.402 e. The minimum absolute atomic E-state index is 0.0647. The van der Waals surface area contributed by atoms with Crippen LogP contribution in [0.2, 0.25) is 0 Å². The minimum atomic E-state index is -5.61. The van der Waals surface area contributed by atoms with E-state index in [0.717, 1.165) is 0 Å². The van der Waals surface area contributed by atoms with E-state index in [4.69, 9.17) is 4.55 Å². The van der Waals surface area contributed by atoms with Crippen molar-refractivity contribution in [2.75, 3.05) is 6.61 Å². The van der Waals surface area contributed by atoms with Gasteiger partial charge in [0.1, 0.15) is 0 Å². The summed E-state index contributed by atoms with van der Waals surface area (Å²) in [7, 11) is -5.61. The highest BCUT2D eigenvalue weighted by Gasteiger charge is 2.45. The fraction of sp³-hybridized carbons (Fsp3) is 0.222. The quantitative estimate of drug-likeness (QED) is 0.377. The molecule has 0 radical (unpaired) electrons. The molecule has 0 spiro atoms. The lowest BCUT2D eigenvalue weighted by Crippen LogP contribution is -2.34. The summed E-state index contributed by atoms with van der Waals surface area (Å²) in [5.41, 5.74) is 0.0647. The summed E-state index contributed by atoms with van der Waals surface area (Å²) < 4.78 is 59.9. The number of hydrogen-bond donors (Lipinski definition) is 1. The van der Waals surface area contributed by atoms with Crippen molar-refractivity contribution in [2.24, 2.45) is 0 Å². The van der Waals surface area contributed by atoms with Crippen molar-refractivity contribution in [2.45, 2.75) is 5.25 Å². The third kappa shape index (κ3) is 4.19. The largest absolute Gasteiger partial charge is 0.454 e. The molecule has 1 aromatic carbocycles. The fourth-order valence-corrected chi connectivity index (χ4v) is 3.15. The lowest BCUT2D eigenvalue weighted by molar-refractivity contribution is -0.00964. The third-order valence-corrected chi connectivity index (χ3v) is 4.59. The monoisotopic (exact) mass is 518 g/mol. The Balaban J connectivity index is 2.89. The molecule has 0 bridgehead atoms. The summed E-state index contributed by atoms with van der Waals surface area (Å²) in [5.74, 6) is -1.09. The van der Waals surface area contributed by atoms with Crippen LogP contribution in [0.25, 0.3) is 0 Å². The van der Waals surface area contributed by atoms with E-state index in [1.807, 2.05) is 45.2 Å². The van der Waals surface area contributed by atoms with Gasteiger partial charge in [0, 0.05) is 7.14 Å². The molecular formula is C9H6F2I2O5S. The highest BCUT2D eigenvalue weighted by Crippen LogP contribution is 2.23. The molecule has 1 N–H and O–H groups in total. The Morgan fingerprint density at radius 2 is 1.79 bits per heavy atom. The lowest BCUT2D eigenvalue weighted by Gasteiger charge is -2.14. The molecule has 0 fully saturated rings. The number of esters is 1. The van der Waals surface area contributed by atoms with Crippen molar-refractivity contribution in [1.29, 1.82) is 0 Å². The fourth-order valence-electron chi connectivity index (χ4n) is 0.989. The zero-order chi connectivity index (χ0) is 14.8. The maximum atomic E-state index is 12.9. The predicted octanol–water partition coefficient (Wildman–Crippen LogP) is 2.53. The molecule has 5 nitrogen and oxygen atoms in total. The van der Waals surface area contributed by atoms with Gasteiger partial charge >= 0.3 is 21.3 Å². The van der Waals surface area contributed by atoms with Gasteiger partial charge in [0.2, 0.25) is 0 Å². The Labute approximate surface area is 134 Å². The van der Waals surface area contributed by atoms with Crippen LogP contribution >= 0.6 is 45.2 Å². The van der Waals surface area contributed by atoms with E-state index in [9.17, 15) is 22.0 Å². The first-order valence-electron chi connectivity index (χ1n) is 4.52. The van der Waals surface area contributed by atoms with Crippen LogP contribution in [0, 0.1) is 7.14 Å². The first-order chi connectivity index (χ1) is 8.56. The molecule has 106 valence electrons. The molecule has 1 rings (SSSR count). The molecule has 1 aromatic rings. The van der Waals surface area contributed by atoms with E-state index >= 15 is 0 Å². The SMILES string of the molecule is O=C(OCC(F)(F)S(=O)(=O)O)c1c(I)cccc1I. The van der Waals surface area contributed by atoms with Crippen molar-refractivity contribution in [3.63, 3.8) is 0 Å². The first-order valence-corrected chi connectivity index (χ1v) is 8.12. The predicted molar refractivity (Wildman–Crippen MR) is 78.7 cm³/mol. The van der Waals surface area contributed by atoms with Crippen molar-refractivity contribution in [1.82, 2.24) is 0 Å². The number of carbonyl (C=O) groups is 1. The average molecular weight is 518 g/mol. The van der Waals surface area contributed by atoms with Gasteiger partial charge in [0.05, 0.1) is 5.56 Å². The van der Waals surface area contributed by atoms with Gasteiger partial charge in [0.25, 0.3) is 0 Å². The van der Waals surface area contributed by atoms with Crippen LogP contribution < -0.4 is 0 Å². The molecule has 19 heavy (non-hydrogen) atoms. The van der Waals surface area contributed by atoms with Crippen LogP contribution in [-0.2, 0) is 14.9 Å². The standard InChI is InChI=1S/C9H6F2I2O5S/c10-9(11,19(15,16)17)4-18-8(14)7-5(12)2-1-3-6(7)13/h1-3H,4H2,(H,15,16,17). The van der Waals surface area contributed by atoms with Crippen LogP contribution in [0.4, 0.5) is 8.78 Å². The molecule has 10 heteroatoms. The maximum absolute atomic E-state index is 12.9. The molecule has 0 amide bonds. The van der Waals surface area contributed by atoms with Crippen LogP contribution in [0.3, 0.4) is 0 Å². The van der Waals surface area contributed by atoms with Crippen molar-refractivity contribution in [3.05, 3.63) is 30.9 Å². The number of alkyl halides is 2. The Morgan fingerprint density at radius 3 is 2.21 bits per heavy atom. The Morgan fingerprint density at radius 1 is 1.32 bits per heavy atom.